The number of hydrogen-bond donors (Lipinski definition) is 2. The maximum Gasteiger partial charge on any atom is 0.126 e. The molecule has 0 unspecified atom stereocenters. The number of hydrogen-bond acceptors (Lipinski definition) is 4. The monoisotopic (exact) mass is 198 g/mol. The van der Waals surface area contributed by atoms with E-state index in [1.807, 2.05) is 24.8 Å². The molecule has 13 heavy (non-hydrogen) atoms. The fourth-order valence-corrected chi connectivity index (χ4v) is 1.11. The smallest absolute Gasteiger partial charge is 0.126 e. The summed E-state index contributed by atoms with van der Waals surface area (Å²) in [5, 5.41) is 8.72. The lowest BCUT2D eigenvalue weighted by Gasteiger charge is -2.21. The number of nitrogens with two attached hydrogens (primary N) is 2. The quantitative estimate of drug-likeness (QED) is 0.386. The highest BCUT2D eigenvalue weighted by atomic mass is 32.1. The number of rotatable bonds is 4. The minimum absolute atomic E-state index is 0.0481. The third kappa shape index (κ3) is 2.92. The number of nitriles is 1. The second kappa shape index (κ2) is 5.38. The number of nitrogens with zero attached hydrogens (tertiary/aromatic N) is 2. The van der Waals surface area contributed by atoms with Gasteiger partial charge in [-0.15, -0.1) is 0 Å². The zero-order chi connectivity index (χ0) is 10.4. The van der Waals surface area contributed by atoms with Crippen LogP contribution in [0.4, 0.5) is 0 Å². The van der Waals surface area contributed by atoms with Gasteiger partial charge in [0.2, 0.25) is 0 Å². The summed E-state index contributed by atoms with van der Waals surface area (Å²) in [6.45, 7) is 5.36. The minimum atomic E-state index is 0.0481. The van der Waals surface area contributed by atoms with Crippen LogP contribution in [0.2, 0.25) is 0 Å². The zero-order valence-electron chi connectivity index (χ0n) is 7.87. The Bertz CT molecular complexity index is 260. The maximum atomic E-state index is 8.72. The van der Waals surface area contributed by atoms with E-state index in [9.17, 15) is 0 Å². The van der Waals surface area contributed by atoms with Crippen molar-refractivity contribution in [2.24, 2.45) is 11.5 Å². The molecule has 0 radical (unpaired) electrons. The van der Waals surface area contributed by atoms with Gasteiger partial charge in [-0.2, -0.15) is 5.26 Å². The molecule has 4 N–H and O–H groups in total. The molecule has 0 aliphatic heterocycles. The molecule has 5 heteroatoms. The molecule has 0 rings (SSSR count). The largest absolute Gasteiger partial charge is 0.389 e. The molecule has 0 fully saturated rings. The van der Waals surface area contributed by atoms with Gasteiger partial charge in [0, 0.05) is 13.1 Å². The first-order chi connectivity index (χ1) is 6.08. The van der Waals surface area contributed by atoms with E-state index < -0.39 is 0 Å². The van der Waals surface area contributed by atoms with Crippen molar-refractivity contribution in [1.82, 2.24) is 4.90 Å². The first kappa shape index (κ1) is 11.7. The molecular formula is C8H14N4S. The Morgan fingerprint density at radius 3 is 2.08 bits per heavy atom. The molecule has 0 saturated heterocycles. The van der Waals surface area contributed by atoms with Crippen molar-refractivity contribution >= 4 is 17.2 Å². The summed E-state index contributed by atoms with van der Waals surface area (Å²) in [6.07, 6.45) is 0. The van der Waals surface area contributed by atoms with Crippen LogP contribution in [-0.4, -0.2) is 23.0 Å². The number of thiocarbonyl (C=S) groups is 1. The van der Waals surface area contributed by atoms with Gasteiger partial charge >= 0.3 is 0 Å². The van der Waals surface area contributed by atoms with Gasteiger partial charge in [-0.05, 0) is 13.8 Å². The van der Waals surface area contributed by atoms with E-state index in [0.29, 0.717) is 5.82 Å². The minimum Gasteiger partial charge on any atom is -0.389 e. The summed E-state index contributed by atoms with van der Waals surface area (Å²) >= 11 is 4.70. The third-order valence-electron chi connectivity index (χ3n) is 1.72. The van der Waals surface area contributed by atoms with Crippen molar-refractivity contribution < 1.29 is 0 Å². The van der Waals surface area contributed by atoms with Crippen LogP contribution in [0.1, 0.15) is 13.8 Å². The van der Waals surface area contributed by atoms with E-state index in [-0.39, 0.29) is 10.6 Å². The van der Waals surface area contributed by atoms with Crippen LogP contribution >= 0.6 is 12.2 Å². The molecule has 0 atom stereocenters. The summed E-state index contributed by atoms with van der Waals surface area (Å²) in [5.74, 6) is 0.361. The van der Waals surface area contributed by atoms with Gasteiger partial charge in [-0.1, -0.05) is 12.2 Å². The molecule has 72 valence electrons. The van der Waals surface area contributed by atoms with Crippen LogP contribution < -0.4 is 11.5 Å². The Balaban J connectivity index is 4.96. The standard InChI is InChI=1S/C8H14N4S/c1-3-12(4-2)7(10)6(5-9)8(11)13/h3-4,10H2,1-2H3,(H2,11,13)/b7-6+. The van der Waals surface area contributed by atoms with Crippen molar-refractivity contribution in [2.45, 2.75) is 13.8 Å². The average Bonchev–Trinajstić information content (AvgIpc) is 2.07. The summed E-state index contributed by atoms with van der Waals surface area (Å²) in [6, 6.07) is 1.90. The van der Waals surface area contributed by atoms with Gasteiger partial charge in [0.25, 0.3) is 0 Å². The first-order valence-corrected chi connectivity index (χ1v) is 4.43. The molecule has 4 nitrogen and oxygen atoms in total. The van der Waals surface area contributed by atoms with E-state index >= 15 is 0 Å². The fraction of sp³-hybridized carbons (Fsp3) is 0.500. The molecule has 0 aromatic heterocycles. The molecule has 0 amide bonds. The lowest BCUT2D eigenvalue weighted by Crippen LogP contribution is -2.31. The Kier molecular flexibility index (Phi) is 4.85. The molecule has 0 aliphatic rings. The van der Waals surface area contributed by atoms with Gasteiger partial charge < -0.3 is 16.4 Å². The molecule has 0 aromatic rings. The van der Waals surface area contributed by atoms with Gasteiger partial charge in [-0.3, -0.25) is 0 Å². The van der Waals surface area contributed by atoms with Crippen molar-refractivity contribution in [1.29, 1.82) is 5.26 Å². The van der Waals surface area contributed by atoms with Crippen LogP contribution in [0, 0.1) is 11.3 Å². The summed E-state index contributed by atoms with van der Waals surface area (Å²) in [4.78, 5) is 1.88. The summed E-state index contributed by atoms with van der Waals surface area (Å²) in [7, 11) is 0. The molecule has 0 bridgehead atoms. The molecule has 0 heterocycles. The Morgan fingerprint density at radius 1 is 1.38 bits per heavy atom. The van der Waals surface area contributed by atoms with Crippen molar-refractivity contribution in [3.8, 4) is 6.07 Å². The second-order valence-corrected chi connectivity index (χ2v) is 2.85. The predicted molar refractivity (Wildman–Crippen MR) is 56.5 cm³/mol. The first-order valence-electron chi connectivity index (χ1n) is 4.03. The Labute approximate surface area is 83.8 Å². The van der Waals surface area contributed by atoms with E-state index in [1.54, 1.807) is 0 Å². The van der Waals surface area contributed by atoms with Crippen molar-refractivity contribution in [3.63, 3.8) is 0 Å². The van der Waals surface area contributed by atoms with Crippen molar-refractivity contribution in [3.05, 3.63) is 11.4 Å². The van der Waals surface area contributed by atoms with Gasteiger partial charge in [-0.25, -0.2) is 0 Å². The highest BCUT2D eigenvalue weighted by Gasteiger charge is 2.10. The van der Waals surface area contributed by atoms with Crippen LogP contribution in [0.5, 0.6) is 0 Å². The molecular weight excluding hydrogens is 184 g/mol. The van der Waals surface area contributed by atoms with E-state index in [4.69, 9.17) is 28.9 Å². The average molecular weight is 198 g/mol. The van der Waals surface area contributed by atoms with Crippen LogP contribution in [0.25, 0.3) is 0 Å². The third-order valence-corrected chi connectivity index (χ3v) is 1.92. The normalized spacial score (nSPS) is 11.5. The lowest BCUT2D eigenvalue weighted by atomic mass is 10.2. The Hall–Kier alpha value is -1.28. The van der Waals surface area contributed by atoms with E-state index in [2.05, 4.69) is 0 Å². The van der Waals surface area contributed by atoms with E-state index in [0.717, 1.165) is 13.1 Å². The van der Waals surface area contributed by atoms with E-state index in [1.165, 1.54) is 0 Å². The topological polar surface area (TPSA) is 79.1 Å². The molecule has 0 spiro atoms. The lowest BCUT2D eigenvalue weighted by molar-refractivity contribution is 0.377. The van der Waals surface area contributed by atoms with Gasteiger partial charge in [0.1, 0.15) is 22.5 Å². The van der Waals surface area contributed by atoms with Crippen LogP contribution in [-0.2, 0) is 0 Å². The second-order valence-electron chi connectivity index (χ2n) is 2.41. The highest BCUT2D eigenvalue weighted by Crippen LogP contribution is 2.04. The SMILES string of the molecule is CCN(CC)/C(N)=C(\C#N)C(N)=S. The summed E-state index contributed by atoms with van der Waals surface area (Å²) < 4.78 is 0. The highest BCUT2D eigenvalue weighted by molar-refractivity contribution is 7.80. The predicted octanol–water partition coefficient (Wildman–Crippen LogP) is 0.308. The summed E-state index contributed by atoms with van der Waals surface area (Å²) in [5.41, 5.74) is 11.2. The van der Waals surface area contributed by atoms with Crippen LogP contribution in [0.3, 0.4) is 0 Å². The molecule has 0 saturated carbocycles. The zero-order valence-corrected chi connectivity index (χ0v) is 8.69. The van der Waals surface area contributed by atoms with Crippen molar-refractivity contribution in [2.75, 3.05) is 13.1 Å². The fourth-order valence-electron chi connectivity index (χ4n) is 0.961. The Morgan fingerprint density at radius 2 is 1.85 bits per heavy atom. The van der Waals surface area contributed by atoms with Gasteiger partial charge in [0.05, 0.1) is 0 Å². The van der Waals surface area contributed by atoms with Gasteiger partial charge in [0.15, 0.2) is 0 Å². The molecule has 0 aliphatic carbocycles. The van der Waals surface area contributed by atoms with Crippen LogP contribution in [0.15, 0.2) is 11.4 Å². The maximum absolute atomic E-state index is 8.72. The molecule has 0 aromatic carbocycles.